The van der Waals surface area contributed by atoms with Crippen molar-refractivity contribution in [1.29, 1.82) is 5.26 Å². The first-order valence-electron chi connectivity index (χ1n) is 4.32. The van der Waals surface area contributed by atoms with Gasteiger partial charge in [0.15, 0.2) is 5.76 Å². The van der Waals surface area contributed by atoms with Crippen LogP contribution in [0.15, 0.2) is 22.6 Å². The van der Waals surface area contributed by atoms with Crippen LogP contribution in [0.5, 0.6) is 0 Å². The van der Waals surface area contributed by atoms with Gasteiger partial charge < -0.3 is 10.5 Å². The average molecular weight is 192 g/mol. The van der Waals surface area contributed by atoms with Crippen molar-refractivity contribution in [3.05, 3.63) is 22.6 Å². The van der Waals surface area contributed by atoms with E-state index in [0.29, 0.717) is 16.8 Å². The second kappa shape index (κ2) is 3.54. The van der Waals surface area contributed by atoms with Crippen molar-refractivity contribution in [1.82, 2.24) is 0 Å². The monoisotopic (exact) mass is 192 g/mol. The Kier molecular flexibility index (Phi) is 2.61. The SMILES string of the molecule is C/C(C#N)=C1\OC(=O)C(C(C)C)=C1N. The van der Waals surface area contributed by atoms with Crippen LogP contribution in [0.3, 0.4) is 0 Å². The quantitative estimate of drug-likeness (QED) is 0.500. The van der Waals surface area contributed by atoms with Crippen molar-refractivity contribution < 1.29 is 9.53 Å². The Labute approximate surface area is 82.6 Å². The first-order valence-corrected chi connectivity index (χ1v) is 4.32. The molecule has 0 amide bonds. The van der Waals surface area contributed by atoms with Gasteiger partial charge in [0, 0.05) is 0 Å². The smallest absolute Gasteiger partial charge is 0.342 e. The van der Waals surface area contributed by atoms with Crippen molar-refractivity contribution in [2.75, 3.05) is 0 Å². The van der Waals surface area contributed by atoms with Gasteiger partial charge in [-0.15, -0.1) is 0 Å². The fraction of sp³-hybridized carbons (Fsp3) is 0.400. The first kappa shape index (κ1) is 10.3. The number of ether oxygens (including phenoxy) is 1. The second-order valence-electron chi connectivity index (χ2n) is 3.44. The number of nitrogens with two attached hydrogens (primary N) is 1. The Hall–Kier alpha value is -1.76. The third-order valence-corrected chi connectivity index (χ3v) is 2.04. The molecule has 14 heavy (non-hydrogen) atoms. The summed E-state index contributed by atoms with van der Waals surface area (Å²) in [5.74, 6) is -0.227. The van der Waals surface area contributed by atoms with Crippen LogP contribution in [0.1, 0.15) is 20.8 Å². The molecule has 0 aliphatic carbocycles. The molecule has 0 saturated heterocycles. The Bertz CT molecular complexity index is 383. The third kappa shape index (κ3) is 1.49. The number of allylic oxidation sites excluding steroid dienone is 1. The fourth-order valence-corrected chi connectivity index (χ4v) is 1.31. The van der Waals surface area contributed by atoms with Crippen LogP contribution in [0.25, 0.3) is 0 Å². The number of carbonyl (C=O) groups excluding carboxylic acids is 1. The van der Waals surface area contributed by atoms with E-state index in [1.807, 2.05) is 19.9 Å². The highest BCUT2D eigenvalue weighted by molar-refractivity contribution is 5.94. The van der Waals surface area contributed by atoms with Gasteiger partial charge in [-0.2, -0.15) is 5.26 Å². The Morgan fingerprint density at radius 1 is 1.57 bits per heavy atom. The van der Waals surface area contributed by atoms with E-state index in [1.54, 1.807) is 6.92 Å². The lowest BCUT2D eigenvalue weighted by Crippen LogP contribution is -2.07. The largest absolute Gasteiger partial charge is 0.420 e. The first-order chi connectivity index (χ1) is 6.49. The molecule has 0 unspecified atom stereocenters. The molecule has 0 bridgehead atoms. The third-order valence-electron chi connectivity index (χ3n) is 2.04. The Morgan fingerprint density at radius 2 is 2.14 bits per heavy atom. The summed E-state index contributed by atoms with van der Waals surface area (Å²) >= 11 is 0. The van der Waals surface area contributed by atoms with E-state index in [4.69, 9.17) is 15.7 Å². The molecule has 1 heterocycles. The number of cyclic esters (lactones) is 1. The molecule has 1 rings (SSSR count). The van der Waals surface area contributed by atoms with Crippen LogP contribution in [-0.4, -0.2) is 5.97 Å². The van der Waals surface area contributed by atoms with E-state index in [0.717, 1.165) is 0 Å². The van der Waals surface area contributed by atoms with Crippen LogP contribution in [0.2, 0.25) is 0 Å². The number of carbonyl (C=O) groups is 1. The molecule has 0 atom stereocenters. The lowest BCUT2D eigenvalue weighted by atomic mass is 10.0. The molecule has 4 nitrogen and oxygen atoms in total. The summed E-state index contributed by atoms with van der Waals surface area (Å²) in [4.78, 5) is 11.4. The molecule has 1 aliphatic heterocycles. The maximum absolute atomic E-state index is 11.4. The van der Waals surface area contributed by atoms with Gasteiger partial charge in [-0.05, 0) is 12.8 Å². The van der Waals surface area contributed by atoms with E-state index in [2.05, 4.69) is 0 Å². The summed E-state index contributed by atoms with van der Waals surface area (Å²) in [5.41, 5.74) is 6.79. The van der Waals surface area contributed by atoms with Gasteiger partial charge in [0.1, 0.15) is 0 Å². The minimum absolute atomic E-state index is 0.00601. The van der Waals surface area contributed by atoms with Gasteiger partial charge in [0.2, 0.25) is 0 Å². The topological polar surface area (TPSA) is 76.1 Å². The number of esters is 1. The van der Waals surface area contributed by atoms with Crippen LogP contribution >= 0.6 is 0 Å². The summed E-state index contributed by atoms with van der Waals surface area (Å²) in [5, 5.41) is 8.65. The summed E-state index contributed by atoms with van der Waals surface area (Å²) < 4.78 is 4.92. The fourth-order valence-electron chi connectivity index (χ4n) is 1.31. The van der Waals surface area contributed by atoms with E-state index in [1.165, 1.54) is 0 Å². The Morgan fingerprint density at radius 3 is 2.50 bits per heavy atom. The predicted molar refractivity (Wildman–Crippen MR) is 50.5 cm³/mol. The van der Waals surface area contributed by atoms with Gasteiger partial charge in [-0.3, -0.25) is 0 Å². The molecule has 0 aromatic heterocycles. The average Bonchev–Trinajstić information content (AvgIpc) is 2.40. The lowest BCUT2D eigenvalue weighted by Gasteiger charge is -2.01. The zero-order valence-electron chi connectivity index (χ0n) is 8.42. The van der Waals surface area contributed by atoms with Crippen molar-refractivity contribution in [2.45, 2.75) is 20.8 Å². The standard InChI is InChI=1S/C10H12N2O2/c1-5(2)7-8(12)9(6(3)4-11)14-10(7)13/h5H,12H2,1-3H3/b9-6+. The van der Waals surface area contributed by atoms with Crippen molar-refractivity contribution in [3.8, 4) is 6.07 Å². The molecule has 74 valence electrons. The molecule has 0 radical (unpaired) electrons. The number of rotatable bonds is 1. The van der Waals surface area contributed by atoms with Gasteiger partial charge in [-0.25, -0.2) is 4.79 Å². The van der Waals surface area contributed by atoms with E-state index < -0.39 is 5.97 Å². The van der Waals surface area contributed by atoms with E-state index in [9.17, 15) is 4.79 Å². The lowest BCUT2D eigenvalue weighted by molar-refractivity contribution is -0.133. The maximum atomic E-state index is 11.4. The molecule has 4 heteroatoms. The van der Waals surface area contributed by atoms with E-state index in [-0.39, 0.29) is 11.7 Å². The summed E-state index contributed by atoms with van der Waals surface area (Å²) in [6, 6.07) is 1.91. The van der Waals surface area contributed by atoms with E-state index >= 15 is 0 Å². The number of nitrogens with zero attached hydrogens (tertiary/aromatic N) is 1. The zero-order chi connectivity index (χ0) is 10.9. The van der Waals surface area contributed by atoms with Gasteiger partial charge in [0.05, 0.1) is 22.9 Å². The van der Waals surface area contributed by atoms with Gasteiger partial charge in [-0.1, -0.05) is 13.8 Å². The maximum Gasteiger partial charge on any atom is 0.342 e. The normalized spacial score (nSPS) is 19.8. The summed E-state index contributed by atoms with van der Waals surface area (Å²) in [6.45, 7) is 5.28. The molecular weight excluding hydrogens is 180 g/mol. The highest BCUT2D eigenvalue weighted by Gasteiger charge is 2.31. The summed E-state index contributed by atoms with van der Waals surface area (Å²) in [6.07, 6.45) is 0. The van der Waals surface area contributed by atoms with Gasteiger partial charge >= 0.3 is 5.97 Å². The number of nitriles is 1. The number of hydrogen-bond donors (Lipinski definition) is 1. The van der Waals surface area contributed by atoms with Crippen LogP contribution in [0, 0.1) is 17.2 Å². The highest BCUT2D eigenvalue weighted by Crippen LogP contribution is 2.29. The molecule has 0 spiro atoms. The van der Waals surface area contributed by atoms with Crippen LogP contribution in [0.4, 0.5) is 0 Å². The molecule has 0 saturated carbocycles. The molecule has 0 aromatic rings. The number of hydrogen-bond acceptors (Lipinski definition) is 4. The van der Waals surface area contributed by atoms with Crippen molar-refractivity contribution in [2.24, 2.45) is 11.7 Å². The zero-order valence-corrected chi connectivity index (χ0v) is 8.42. The molecule has 0 fully saturated rings. The molecule has 2 N–H and O–H groups in total. The Balaban J connectivity index is 3.26. The van der Waals surface area contributed by atoms with Gasteiger partial charge in [0.25, 0.3) is 0 Å². The molecular formula is C10H12N2O2. The van der Waals surface area contributed by atoms with Crippen LogP contribution < -0.4 is 5.73 Å². The minimum Gasteiger partial charge on any atom is -0.420 e. The molecule has 0 aromatic carbocycles. The second-order valence-corrected chi connectivity index (χ2v) is 3.44. The van der Waals surface area contributed by atoms with Crippen LogP contribution in [-0.2, 0) is 9.53 Å². The summed E-state index contributed by atoms with van der Waals surface area (Å²) in [7, 11) is 0. The van der Waals surface area contributed by atoms with Crippen molar-refractivity contribution >= 4 is 5.97 Å². The molecule has 1 aliphatic rings. The van der Waals surface area contributed by atoms with Crippen molar-refractivity contribution in [3.63, 3.8) is 0 Å². The minimum atomic E-state index is -0.442. The highest BCUT2D eigenvalue weighted by atomic mass is 16.5. The predicted octanol–water partition coefficient (Wildman–Crippen LogP) is 1.21.